The highest BCUT2D eigenvalue weighted by molar-refractivity contribution is 6.29. The zero-order valence-electron chi connectivity index (χ0n) is 10.3. The fourth-order valence-corrected chi connectivity index (χ4v) is 1.56. The van der Waals surface area contributed by atoms with Crippen molar-refractivity contribution in [2.24, 2.45) is 5.92 Å². The Hall–Kier alpha value is -0.830. The van der Waals surface area contributed by atoms with E-state index in [4.69, 9.17) is 16.3 Å². The lowest BCUT2D eigenvalue weighted by atomic mass is 10.2. The van der Waals surface area contributed by atoms with Gasteiger partial charge in [-0.15, -0.1) is 0 Å². The van der Waals surface area contributed by atoms with Gasteiger partial charge in [0.25, 0.3) is 0 Å². The molecule has 0 spiro atoms. The second-order valence-electron chi connectivity index (χ2n) is 4.25. The third kappa shape index (κ3) is 7.16. The van der Waals surface area contributed by atoms with Crippen LogP contribution in [0.5, 0.6) is 0 Å². The number of benzene rings is 1. The summed E-state index contributed by atoms with van der Waals surface area (Å²) in [5.74, 6) is 0.467. The molecule has 0 aromatic heterocycles. The largest absolute Gasteiger partial charge is 0.376 e. The van der Waals surface area contributed by atoms with Crippen molar-refractivity contribution in [3.8, 4) is 0 Å². The van der Waals surface area contributed by atoms with E-state index in [1.54, 1.807) is 0 Å². The van der Waals surface area contributed by atoms with Crippen LogP contribution in [0.1, 0.15) is 12.5 Å². The summed E-state index contributed by atoms with van der Waals surface area (Å²) >= 11 is 5.66. The second kappa shape index (κ2) is 8.29. The van der Waals surface area contributed by atoms with Crippen LogP contribution in [0.4, 0.5) is 0 Å². The third-order valence-electron chi connectivity index (χ3n) is 2.32. The maximum Gasteiger partial charge on any atom is 0.0717 e. The fourth-order valence-electron chi connectivity index (χ4n) is 1.47. The van der Waals surface area contributed by atoms with Gasteiger partial charge >= 0.3 is 0 Å². The first-order chi connectivity index (χ1) is 8.18. The van der Waals surface area contributed by atoms with Crippen LogP contribution in [-0.4, -0.2) is 19.7 Å². The molecule has 0 amide bonds. The first-order valence-electron chi connectivity index (χ1n) is 5.84. The SMILES string of the molecule is C=C(Cl)CNCC(C)COCc1ccccc1. The molecule has 0 saturated carbocycles. The maximum absolute atomic E-state index is 5.66. The van der Waals surface area contributed by atoms with Gasteiger partial charge in [-0.1, -0.05) is 55.4 Å². The monoisotopic (exact) mass is 253 g/mol. The molecule has 0 aliphatic heterocycles. The minimum Gasteiger partial charge on any atom is -0.376 e. The Bertz CT molecular complexity index is 326. The average molecular weight is 254 g/mol. The molecule has 0 saturated heterocycles. The van der Waals surface area contributed by atoms with Gasteiger partial charge in [0.15, 0.2) is 0 Å². The maximum atomic E-state index is 5.66. The van der Waals surface area contributed by atoms with E-state index in [2.05, 4.69) is 31.0 Å². The molecule has 0 fully saturated rings. The van der Waals surface area contributed by atoms with E-state index in [1.807, 2.05) is 18.2 Å². The lowest BCUT2D eigenvalue weighted by Crippen LogP contribution is -2.25. The van der Waals surface area contributed by atoms with Gasteiger partial charge in [0, 0.05) is 18.1 Å². The normalized spacial score (nSPS) is 12.4. The second-order valence-corrected chi connectivity index (χ2v) is 4.79. The lowest BCUT2D eigenvalue weighted by molar-refractivity contribution is 0.0921. The number of hydrogen-bond acceptors (Lipinski definition) is 2. The number of halogens is 1. The molecule has 94 valence electrons. The van der Waals surface area contributed by atoms with Gasteiger partial charge in [0.2, 0.25) is 0 Å². The zero-order valence-corrected chi connectivity index (χ0v) is 11.0. The topological polar surface area (TPSA) is 21.3 Å². The van der Waals surface area contributed by atoms with E-state index in [-0.39, 0.29) is 0 Å². The summed E-state index contributed by atoms with van der Waals surface area (Å²) in [5, 5.41) is 3.86. The first-order valence-corrected chi connectivity index (χ1v) is 6.22. The predicted octanol–water partition coefficient (Wildman–Crippen LogP) is 3.18. The molecule has 1 unspecified atom stereocenters. The molecule has 1 rings (SSSR count). The first kappa shape index (κ1) is 14.2. The van der Waals surface area contributed by atoms with Crippen molar-refractivity contribution in [3.63, 3.8) is 0 Å². The Labute approximate surface area is 109 Å². The molecular weight excluding hydrogens is 234 g/mol. The van der Waals surface area contributed by atoms with Crippen molar-refractivity contribution in [1.29, 1.82) is 0 Å². The Kier molecular flexibility index (Phi) is 6.94. The third-order valence-corrected chi connectivity index (χ3v) is 2.46. The van der Waals surface area contributed by atoms with E-state index in [9.17, 15) is 0 Å². The smallest absolute Gasteiger partial charge is 0.0717 e. The van der Waals surface area contributed by atoms with Crippen molar-refractivity contribution in [3.05, 3.63) is 47.5 Å². The van der Waals surface area contributed by atoms with Gasteiger partial charge in [-0.05, 0) is 11.5 Å². The number of ether oxygens (including phenoxy) is 1. The Morgan fingerprint density at radius 2 is 2.12 bits per heavy atom. The molecule has 0 aliphatic carbocycles. The molecule has 2 nitrogen and oxygen atoms in total. The van der Waals surface area contributed by atoms with Crippen molar-refractivity contribution >= 4 is 11.6 Å². The number of nitrogens with one attached hydrogen (secondary N) is 1. The van der Waals surface area contributed by atoms with Gasteiger partial charge in [0.05, 0.1) is 13.2 Å². The molecule has 0 radical (unpaired) electrons. The van der Waals surface area contributed by atoms with E-state index < -0.39 is 0 Å². The highest BCUT2D eigenvalue weighted by atomic mass is 35.5. The van der Waals surface area contributed by atoms with E-state index >= 15 is 0 Å². The number of hydrogen-bond donors (Lipinski definition) is 1. The Balaban J connectivity index is 2.08. The van der Waals surface area contributed by atoms with Crippen LogP contribution >= 0.6 is 11.6 Å². The van der Waals surface area contributed by atoms with Gasteiger partial charge in [-0.25, -0.2) is 0 Å². The van der Waals surface area contributed by atoms with E-state index in [1.165, 1.54) is 5.56 Å². The van der Waals surface area contributed by atoms with Crippen molar-refractivity contribution in [1.82, 2.24) is 5.32 Å². The molecule has 1 aromatic rings. The van der Waals surface area contributed by atoms with Gasteiger partial charge in [-0.3, -0.25) is 0 Å². The molecular formula is C14H20ClNO. The molecule has 0 aliphatic rings. The van der Waals surface area contributed by atoms with Crippen LogP contribution in [0.15, 0.2) is 41.9 Å². The quantitative estimate of drug-likeness (QED) is 0.768. The molecule has 1 N–H and O–H groups in total. The predicted molar refractivity (Wildman–Crippen MR) is 73.1 cm³/mol. The van der Waals surface area contributed by atoms with Crippen LogP contribution < -0.4 is 5.32 Å². The Morgan fingerprint density at radius 1 is 1.41 bits per heavy atom. The fraction of sp³-hybridized carbons (Fsp3) is 0.429. The average Bonchev–Trinajstić information content (AvgIpc) is 2.30. The van der Waals surface area contributed by atoms with Crippen molar-refractivity contribution in [2.75, 3.05) is 19.7 Å². The molecule has 17 heavy (non-hydrogen) atoms. The van der Waals surface area contributed by atoms with Crippen LogP contribution in [0, 0.1) is 5.92 Å². The highest BCUT2D eigenvalue weighted by Crippen LogP contribution is 2.03. The molecule has 1 aromatic carbocycles. The summed E-state index contributed by atoms with van der Waals surface area (Å²) in [6.07, 6.45) is 0. The van der Waals surface area contributed by atoms with Crippen molar-refractivity contribution in [2.45, 2.75) is 13.5 Å². The van der Waals surface area contributed by atoms with E-state index in [0.29, 0.717) is 24.1 Å². The van der Waals surface area contributed by atoms with Crippen LogP contribution in [0.2, 0.25) is 0 Å². The van der Waals surface area contributed by atoms with Crippen LogP contribution in [0.3, 0.4) is 0 Å². The van der Waals surface area contributed by atoms with Crippen LogP contribution in [-0.2, 0) is 11.3 Å². The summed E-state index contributed by atoms with van der Waals surface area (Å²) in [6, 6.07) is 10.2. The minimum absolute atomic E-state index is 0.467. The van der Waals surface area contributed by atoms with Gasteiger partial charge in [-0.2, -0.15) is 0 Å². The summed E-state index contributed by atoms with van der Waals surface area (Å²) in [7, 11) is 0. The standard InChI is InChI=1S/C14H20ClNO/c1-12(8-16-9-13(2)15)10-17-11-14-6-4-3-5-7-14/h3-7,12,16H,2,8-11H2,1H3. The minimum atomic E-state index is 0.467. The van der Waals surface area contributed by atoms with E-state index in [0.717, 1.165) is 13.2 Å². The highest BCUT2D eigenvalue weighted by Gasteiger charge is 2.02. The lowest BCUT2D eigenvalue weighted by Gasteiger charge is -2.12. The Morgan fingerprint density at radius 3 is 2.76 bits per heavy atom. The summed E-state index contributed by atoms with van der Waals surface area (Å²) in [4.78, 5) is 0. The van der Waals surface area contributed by atoms with Gasteiger partial charge in [0.1, 0.15) is 0 Å². The summed E-state index contributed by atoms with van der Waals surface area (Å²) in [6.45, 7) is 8.74. The molecule has 1 atom stereocenters. The van der Waals surface area contributed by atoms with Crippen molar-refractivity contribution < 1.29 is 4.74 Å². The molecule has 3 heteroatoms. The number of rotatable bonds is 8. The summed E-state index contributed by atoms with van der Waals surface area (Å²) < 4.78 is 5.64. The summed E-state index contributed by atoms with van der Waals surface area (Å²) in [5.41, 5.74) is 1.21. The zero-order chi connectivity index (χ0) is 12.5. The van der Waals surface area contributed by atoms with Gasteiger partial charge < -0.3 is 10.1 Å². The molecule has 0 bridgehead atoms. The van der Waals surface area contributed by atoms with Crippen LogP contribution in [0.25, 0.3) is 0 Å². The molecule has 0 heterocycles.